The molecule has 0 fully saturated rings. The summed E-state index contributed by atoms with van der Waals surface area (Å²) in [5.41, 5.74) is 1.75. The van der Waals surface area contributed by atoms with E-state index in [1.54, 1.807) is 24.3 Å². The summed E-state index contributed by atoms with van der Waals surface area (Å²) < 4.78 is 4.61. The van der Waals surface area contributed by atoms with Crippen LogP contribution in [0, 0.1) is 11.8 Å². The Labute approximate surface area is 103 Å². The molecule has 0 spiro atoms. The van der Waals surface area contributed by atoms with E-state index in [0.29, 0.717) is 11.3 Å². The van der Waals surface area contributed by atoms with Crippen molar-refractivity contribution in [1.82, 2.24) is 5.16 Å². The first-order chi connectivity index (χ1) is 8.79. The van der Waals surface area contributed by atoms with Gasteiger partial charge in [-0.3, -0.25) is 4.79 Å². The number of aliphatic hydroxyl groups excluding tert-OH is 1. The number of hydrogen-bond acceptors (Lipinski definition) is 4. The van der Waals surface area contributed by atoms with Crippen LogP contribution in [0.3, 0.4) is 0 Å². The fraction of sp³-hybridized carbons (Fsp3) is 0.0769. The van der Waals surface area contributed by atoms with Crippen LogP contribution in [0.4, 0.5) is 5.69 Å². The van der Waals surface area contributed by atoms with Crippen LogP contribution in [0.1, 0.15) is 15.9 Å². The number of nitrogens with zero attached hydrogens (tertiary/aromatic N) is 1. The van der Waals surface area contributed by atoms with Crippen LogP contribution in [-0.4, -0.2) is 22.8 Å². The van der Waals surface area contributed by atoms with Gasteiger partial charge in [-0.05, 0) is 24.3 Å². The Balaban J connectivity index is 2.07. The van der Waals surface area contributed by atoms with E-state index in [9.17, 15) is 4.79 Å². The Hall–Kier alpha value is -2.58. The average Bonchev–Trinajstić information content (AvgIpc) is 2.89. The quantitative estimate of drug-likeness (QED) is 0.778. The van der Waals surface area contributed by atoms with Crippen LogP contribution in [-0.2, 0) is 0 Å². The summed E-state index contributed by atoms with van der Waals surface area (Å²) in [7, 11) is 0. The van der Waals surface area contributed by atoms with Crippen LogP contribution >= 0.6 is 0 Å². The highest BCUT2D eigenvalue weighted by atomic mass is 16.5. The number of rotatable bonds is 2. The summed E-state index contributed by atoms with van der Waals surface area (Å²) in [6.07, 6.45) is 2.76. The largest absolute Gasteiger partial charge is 0.384 e. The number of hydrogen-bond donors (Lipinski definition) is 2. The topological polar surface area (TPSA) is 75.4 Å². The van der Waals surface area contributed by atoms with Gasteiger partial charge in [0.15, 0.2) is 0 Å². The molecule has 1 amide bonds. The fourth-order valence-corrected chi connectivity index (χ4v) is 1.32. The second-order valence-corrected chi connectivity index (χ2v) is 3.40. The molecular weight excluding hydrogens is 232 g/mol. The first-order valence-electron chi connectivity index (χ1n) is 5.20. The molecule has 1 aromatic carbocycles. The lowest BCUT2D eigenvalue weighted by molar-refractivity contribution is 0.102. The lowest BCUT2D eigenvalue weighted by Crippen LogP contribution is -2.11. The molecule has 0 unspecified atom stereocenters. The summed E-state index contributed by atoms with van der Waals surface area (Å²) in [6.45, 7) is -0.185. The molecule has 5 heteroatoms. The zero-order valence-electron chi connectivity index (χ0n) is 9.38. The Morgan fingerprint density at radius 2 is 2.17 bits per heavy atom. The maximum absolute atomic E-state index is 11.8. The van der Waals surface area contributed by atoms with Crippen molar-refractivity contribution in [2.45, 2.75) is 0 Å². The number of amides is 1. The van der Waals surface area contributed by atoms with Crippen molar-refractivity contribution in [3.05, 3.63) is 47.9 Å². The van der Waals surface area contributed by atoms with Gasteiger partial charge in [0, 0.05) is 11.1 Å². The van der Waals surface area contributed by atoms with Gasteiger partial charge in [0.25, 0.3) is 5.91 Å². The summed E-state index contributed by atoms with van der Waals surface area (Å²) in [4.78, 5) is 11.8. The molecule has 2 aromatic rings. The van der Waals surface area contributed by atoms with Crippen LogP contribution in [0.15, 0.2) is 41.2 Å². The molecule has 0 aliphatic carbocycles. The van der Waals surface area contributed by atoms with E-state index in [0.717, 1.165) is 5.56 Å². The molecule has 1 aromatic heterocycles. The van der Waals surface area contributed by atoms with E-state index in [2.05, 4.69) is 26.8 Å². The summed E-state index contributed by atoms with van der Waals surface area (Å²) in [5.74, 6) is 5.03. The molecular formula is C13H10N2O3. The van der Waals surface area contributed by atoms with Gasteiger partial charge >= 0.3 is 0 Å². The van der Waals surface area contributed by atoms with Gasteiger partial charge in [-0.15, -0.1) is 0 Å². The van der Waals surface area contributed by atoms with E-state index in [-0.39, 0.29) is 12.5 Å². The maximum Gasteiger partial charge on any atom is 0.255 e. The van der Waals surface area contributed by atoms with Crippen LogP contribution in [0.25, 0.3) is 0 Å². The van der Waals surface area contributed by atoms with Crippen LogP contribution < -0.4 is 5.32 Å². The van der Waals surface area contributed by atoms with Gasteiger partial charge in [-0.25, -0.2) is 0 Å². The first kappa shape index (κ1) is 11.9. The minimum atomic E-state index is -0.250. The first-order valence-corrected chi connectivity index (χ1v) is 5.20. The summed E-state index contributed by atoms with van der Waals surface area (Å²) in [6, 6.07) is 6.74. The molecule has 2 N–H and O–H groups in total. The third-order valence-corrected chi connectivity index (χ3v) is 2.15. The lowest BCUT2D eigenvalue weighted by Gasteiger charge is -2.01. The Bertz CT molecular complexity index is 577. The van der Waals surface area contributed by atoms with Gasteiger partial charge < -0.3 is 14.9 Å². The number of benzene rings is 1. The van der Waals surface area contributed by atoms with Crippen molar-refractivity contribution in [3.8, 4) is 11.8 Å². The van der Waals surface area contributed by atoms with Crippen molar-refractivity contribution in [2.75, 3.05) is 11.9 Å². The third-order valence-electron chi connectivity index (χ3n) is 2.15. The number of nitrogens with one attached hydrogen (secondary N) is 1. The number of carbonyl (C=O) groups excluding carboxylic acids is 1. The fourth-order valence-electron chi connectivity index (χ4n) is 1.32. The van der Waals surface area contributed by atoms with Crippen molar-refractivity contribution in [3.63, 3.8) is 0 Å². The predicted molar refractivity (Wildman–Crippen MR) is 64.9 cm³/mol. The van der Waals surface area contributed by atoms with Crippen LogP contribution in [0.2, 0.25) is 0 Å². The van der Waals surface area contributed by atoms with Crippen LogP contribution in [0.5, 0.6) is 0 Å². The smallest absolute Gasteiger partial charge is 0.255 e. The van der Waals surface area contributed by atoms with Gasteiger partial charge in [0.2, 0.25) is 0 Å². The molecule has 0 saturated carbocycles. The number of carbonyl (C=O) groups is 1. The third kappa shape index (κ3) is 2.97. The van der Waals surface area contributed by atoms with E-state index < -0.39 is 0 Å². The molecule has 2 rings (SSSR count). The van der Waals surface area contributed by atoms with Gasteiger partial charge in [-0.1, -0.05) is 17.0 Å². The summed E-state index contributed by atoms with van der Waals surface area (Å²) >= 11 is 0. The lowest BCUT2D eigenvalue weighted by atomic mass is 10.1. The van der Waals surface area contributed by atoms with E-state index >= 15 is 0 Å². The minimum absolute atomic E-state index is 0.185. The molecule has 0 aliphatic rings. The van der Waals surface area contributed by atoms with Crippen molar-refractivity contribution in [2.24, 2.45) is 0 Å². The molecule has 90 valence electrons. The highest BCUT2D eigenvalue weighted by molar-refractivity contribution is 6.04. The van der Waals surface area contributed by atoms with E-state index in [1.807, 2.05) is 0 Å². The molecule has 5 nitrogen and oxygen atoms in total. The SMILES string of the molecule is O=C(Nc1cnoc1)c1ccc(C#CCO)cc1. The van der Waals surface area contributed by atoms with Gasteiger partial charge in [0.1, 0.15) is 18.6 Å². The molecule has 0 bridgehead atoms. The predicted octanol–water partition coefficient (Wildman–Crippen LogP) is 1.27. The molecule has 0 aliphatic heterocycles. The molecule has 0 saturated heterocycles. The number of anilines is 1. The average molecular weight is 242 g/mol. The van der Waals surface area contributed by atoms with Gasteiger partial charge in [0.05, 0.1) is 6.20 Å². The summed E-state index contributed by atoms with van der Waals surface area (Å²) in [5, 5.41) is 14.7. The normalized spacial score (nSPS) is 9.39. The Morgan fingerprint density at radius 1 is 1.39 bits per heavy atom. The highest BCUT2D eigenvalue weighted by Gasteiger charge is 2.06. The second kappa shape index (κ2) is 5.66. The standard InChI is InChI=1S/C13H10N2O3/c16-7-1-2-10-3-5-11(6-4-10)13(17)15-12-8-14-18-9-12/h3-6,8-9,16H,7H2,(H,15,17). The zero-order valence-corrected chi connectivity index (χ0v) is 9.38. The Morgan fingerprint density at radius 3 is 2.78 bits per heavy atom. The van der Waals surface area contributed by atoms with Crippen molar-refractivity contribution in [1.29, 1.82) is 0 Å². The molecule has 0 atom stereocenters. The van der Waals surface area contributed by atoms with E-state index in [1.165, 1.54) is 12.5 Å². The van der Waals surface area contributed by atoms with E-state index in [4.69, 9.17) is 5.11 Å². The molecule has 18 heavy (non-hydrogen) atoms. The Kier molecular flexibility index (Phi) is 3.74. The number of aliphatic hydroxyl groups is 1. The van der Waals surface area contributed by atoms with Gasteiger partial charge in [-0.2, -0.15) is 0 Å². The maximum atomic E-state index is 11.8. The molecule has 0 radical (unpaired) electrons. The minimum Gasteiger partial charge on any atom is -0.384 e. The highest BCUT2D eigenvalue weighted by Crippen LogP contribution is 2.08. The van der Waals surface area contributed by atoms with Crippen molar-refractivity contribution >= 4 is 11.6 Å². The molecule has 1 heterocycles. The zero-order chi connectivity index (χ0) is 12.8. The monoisotopic (exact) mass is 242 g/mol. The number of aromatic nitrogens is 1. The second-order valence-electron chi connectivity index (χ2n) is 3.40. The van der Waals surface area contributed by atoms with Crippen molar-refractivity contribution < 1.29 is 14.4 Å².